The van der Waals surface area contributed by atoms with E-state index in [2.05, 4.69) is 16.0 Å². The third kappa shape index (κ3) is 2.35. The highest BCUT2D eigenvalue weighted by Crippen LogP contribution is 2.36. The molecule has 1 amide bonds. The van der Waals surface area contributed by atoms with E-state index in [9.17, 15) is 4.79 Å². The third-order valence-electron chi connectivity index (χ3n) is 5.34. The van der Waals surface area contributed by atoms with Crippen molar-refractivity contribution in [1.82, 2.24) is 9.88 Å². The lowest BCUT2D eigenvalue weighted by molar-refractivity contribution is 0.0516. The number of amides is 1. The summed E-state index contributed by atoms with van der Waals surface area (Å²) in [4.78, 5) is 18.1. The lowest BCUT2D eigenvalue weighted by atomic mass is 9.75. The molecule has 3 heteroatoms. The zero-order chi connectivity index (χ0) is 14.2. The minimum Gasteiger partial charge on any atom is -0.351 e. The molecule has 1 saturated carbocycles. The SMILES string of the molecule is O=C(c1cc2ccccc2[nH]1)N1CC[C@H]2CCCC[C@@H]2C1. The minimum atomic E-state index is 0.176. The van der Waals surface area contributed by atoms with Crippen LogP contribution in [-0.4, -0.2) is 28.9 Å². The molecule has 2 aromatic rings. The van der Waals surface area contributed by atoms with E-state index in [0.29, 0.717) is 0 Å². The first-order valence-corrected chi connectivity index (χ1v) is 8.18. The number of aromatic amines is 1. The molecule has 1 aliphatic carbocycles. The Hall–Kier alpha value is -1.77. The van der Waals surface area contributed by atoms with Gasteiger partial charge in [-0.3, -0.25) is 4.79 Å². The number of rotatable bonds is 1. The molecule has 3 nitrogen and oxygen atoms in total. The van der Waals surface area contributed by atoms with Gasteiger partial charge < -0.3 is 9.88 Å². The van der Waals surface area contributed by atoms with Crippen LogP contribution >= 0.6 is 0 Å². The second-order valence-corrected chi connectivity index (χ2v) is 6.61. The Morgan fingerprint density at radius 3 is 2.76 bits per heavy atom. The van der Waals surface area contributed by atoms with Gasteiger partial charge in [-0.15, -0.1) is 0 Å². The van der Waals surface area contributed by atoms with Crippen molar-refractivity contribution in [3.05, 3.63) is 36.0 Å². The molecule has 0 radical (unpaired) electrons. The Bertz CT molecular complexity index is 627. The maximum atomic E-state index is 12.7. The van der Waals surface area contributed by atoms with Gasteiger partial charge in [0.25, 0.3) is 5.91 Å². The summed E-state index contributed by atoms with van der Waals surface area (Å²) >= 11 is 0. The monoisotopic (exact) mass is 282 g/mol. The van der Waals surface area contributed by atoms with E-state index in [1.807, 2.05) is 24.3 Å². The highest BCUT2D eigenvalue weighted by atomic mass is 16.2. The fourth-order valence-corrected chi connectivity index (χ4v) is 4.14. The van der Waals surface area contributed by atoms with Crippen molar-refractivity contribution < 1.29 is 4.79 Å². The van der Waals surface area contributed by atoms with Gasteiger partial charge in [0.1, 0.15) is 5.69 Å². The molecule has 2 fully saturated rings. The zero-order valence-corrected chi connectivity index (χ0v) is 12.3. The number of hydrogen-bond acceptors (Lipinski definition) is 1. The van der Waals surface area contributed by atoms with Gasteiger partial charge in [0.15, 0.2) is 0 Å². The van der Waals surface area contributed by atoms with Crippen molar-refractivity contribution in [3.63, 3.8) is 0 Å². The van der Waals surface area contributed by atoms with Crippen molar-refractivity contribution in [3.8, 4) is 0 Å². The standard InChI is InChI=1S/C18H22N2O/c21-18(17-11-14-6-3-4-8-16(14)19-17)20-10-9-13-5-1-2-7-15(13)12-20/h3-4,6,8,11,13,15,19H,1-2,5,7,9-10,12H2/t13-,15-/m1/s1. The first-order valence-electron chi connectivity index (χ1n) is 8.18. The van der Waals surface area contributed by atoms with Gasteiger partial charge in [-0.05, 0) is 36.8 Å². The summed E-state index contributed by atoms with van der Waals surface area (Å²) in [5.74, 6) is 1.78. The van der Waals surface area contributed by atoms with Gasteiger partial charge in [0, 0.05) is 24.0 Å². The lowest BCUT2D eigenvalue weighted by Crippen LogP contribution is -2.44. The molecule has 1 N–H and O–H groups in total. The van der Waals surface area contributed by atoms with Crippen LogP contribution in [0.15, 0.2) is 30.3 Å². The van der Waals surface area contributed by atoms with Crippen LogP contribution in [0.25, 0.3) is 10.9 Å². The molecule has 2 atom stereocenters. The molecule has 1 saturated heterocycles. The van der Waals surface area contributed by atoms with Crippen molar-refractivity contribution in [2.24, 2.45) is 11.8 Å². The summed E-state index contributed by atoms with van der Waals surface area (Å²) in [5, 5.41) is 1.12. The molecule has 110 valence electrons. The Labute approximate surface area is 125 Å². The summed E-state index contributed by atoms with van der Waals surface area (Å²) in [5.41, 5.74) is 1.79. The molecule has 21 heavy (non-hydrogen) atoms. The molecule has 2 aliphatic rings. The molecule has 1 aromatic carbocycles. The smallest absolute Gasteiger partial charge is 0.270 e. The van der Waals surface area contributed by atoms with E-state index in [4.69, 9.17) is 0 Å². The van der Waals surface area contributed by atoms with E-state index in [-0.39, 0.29) is 5.91 Å². The van der Waals surface area contributed by atoms with Gasteiger partial charge in [0.05, 0.1) is 0 Å². The summed E-state index contributed by atoms with van der Waals surface area (Å²) in [7, 11) is 0. The van der Waals surface area contributed by atoms with Crippen molar-refractivity contribution in [1.29, 1.82) is 0 Å². The van der Waals surface area contributed by atoms with E-state index in [1.165, 1.54) is 32.1 Å². The Morgan fingerprint density at radius 1 is 1.10 bits per heavy atom. The first-order chi connectivity index (χ1) is 10.3. The number of piperidine rings is 1. The summed E-state index contributed by atoms with van der Waals surface area (Å²) in [6, 6.07) is 10.1. The van der Waals surface area contributed by atoms with Crippen LogP contribution in [0.3, 0.4) is 0 Å². The fourth-order valence-electron chi connectivity index (χ4n) is 4.14. The van der Waals surface area contributed by atoms with Gasteiger partial charge in [-0.25, -0.2) is 0 Å². The highest BCUT2D eigenvalue weighted by Gasteiger charge is 2.33. The Kier molecular flexibility index (Phi) is 3.21. The second kappa shape index (κ2) is 5.21. The number of fused-ring (bicyclic) bond motifs is 2. The molecule has 0 spiro atoms. The summed E-state index contributed by atoms with van der Waals surface area (Å²) in [6.45, 7) is 1.88. The van der Waals surface area contributed by atoms with Crippen molar-refractivity contribution >= 4 is 16.8 Å². The number of nitrogens with one attached hydrogen (secondary N) is 1. The number of benzene rings is 1. The van der Waals surface area contributed by atoms with E-state index in [1.54, 1.807) is 0 Å². The third-order valence-corrected chi connectivity index (χ3v) is 5.34. The van der Waals surface area contributed by atoms with Crippen LogP contribution in [0.1, 0.15) is 42.6 Å². The molecule has 0 unspecified atom stereocenters. The minimum absolute atomic E-state index is 0.176. The van der Waals surface area contributed by atoms with Gasteiger partial charge in [-0.1, -0.05) is 37.5 Å². The van der Waals surface area contributed by atoms with Gasteiger partial charge >= 0.3 is 0 Å². The summed E-state index contributed by atoms with van der Waals surface area (Å²) in [6.07, 6.45) is 6.60. The number of H-pyrrole nitrogens is 1. The second-order valence-electron chi connectivity index (χ2n) is 6.61. The molecular weight excluding hydrogens is 260 g/mol. The molecule has 4 rings (SSSR count). The Balaban J connectivity index is 1.54. The first kappa shape index (κ1) is 12.9. The molecular formula is C18H22N2O. The van der Waals surface area contributed by atoms with Crippen LogP contribution in [0.5, 0.6) is 0 Å². The number of aromatic nitrogens is 1. The predicted octanol–water partition coefficient (Wildman–Crippen LogP) is 3.82. The molecule has 2 heterocycles. The zero-order valence-electron chi connectivity index (χ0n) is 12.3. The van der Waals surface area contributed by atoms with E-state index < -0.39 is 0 Å². The average molecular weight is 282 g/mol. The maximum Gasteiger partial charge on any atom is 0.270 e. The van der Waals surface area contributed by atoms with Crippen molar-refractivity contribution in [2.45, 2.75) is 32.1 Å². The number of nitrogens with zero attached hydrogens (tertiary/aromatic N) is 1. The Morgan fingerprint density at radius 2 is 1.90 bits per heavy atom. The van der Waals surface area contributed by atoms with Crippen LogP contribution < -0.4 is 0 Å². The quantitative estimate of drug-likeness (QED) is 0.848. The largest absolute Gasteiger partial charge is 0.351 e. The predicted molar refractivity (Wildman–Crippen MR) is 84.3 cm³/mol. The van der Waals surface area contributed by atoms with E-state index in [0.717, 1.165) is 41.5 Å². The number of carbonyl (C=O) groups excluding carboxylic acids is 1. The maximum absolute atomic E-state index is 12.7. The lowest BCUT2D eigenvalue weighted by Gasteiger charge is -2.41. The van der Waals surface area contributed by atoms with Crippen LogP contribution in [0.4, 0.5) is 0 Å². The van der Waals surface area contributed by atoms with E-state index >= 15 is 0 Å². The fraction of sp³-hybridized carbons (Fsp3) is 0.500. The number of hydrogen-bond donors (Lipinski definition) is 1. The van der Waals surface area contributed by atoms with Gasteiger partial charge in [-0.2, -0.15) is 0 Å². The van der Waals surface area contributed by atoms with Crippen LogP contribution in [-0.2, 0) is 0 Å². The normalized spacial score (nSPS) is 25.8. The molecule has 1 aliphatic heterocycles. The molecule has 0 bridgehead atoms. The van der Waals surface area contributed by atoms with Gasteiger partial charge in [0.2, 0.25) is 0 Å². The number of carbonyl (C=O) groups is 1. The summed E-state index contributed by atoms with van der Waals surface area (Å²) < 4.78 is 0. The number of para-hydroxylation sites is 1. The number of likely N-dealkylation sites (tertiary alicyclic amines) is 1. The van der Waals surface area contributed by atoms with Crippen LogP contribution in [0.2, 0.25) is 0 Å². The average Bonchev–Trinajstić information content (AvgIpc) is 2.97. The topological polar surface area (TPSA) is 36.1 Å². The van der Waals surface area contributed by atoms with Crippen molar-refractivity contribution in [2.75, 3.05) is 13.1 Å². The highest BCUT2D eigenvalue weighted by molar-refractivity contribution is 5.98. The van der Waals surface area contributed by atoms with Crippen LogP contribution in [0, 0.1) is 11.8 Å². The molecule has 1 aromatic heterocycles.